The molecule has 0 bridgehead atoms. The monoisotopic (exact) mass is 259 g/mol. The van der Waals surface area contributed by atoms with Crippen molar-refractivity contribution >= 4 is 23.1 Å². The molecule has 2 nitrogen and oxygen atoms in total. The molecule has 4 heteroatoms. The molecule has 0 radical (unpaired) electrons. The van der Waals surface area contributed by atoms with Crippen LogP contribution in [0.4, 0.5) is 0 Å². The summed E-state index contributed by atoms with van der Waals surface area (Å²) in [6.07, 6.45) is 0.832. The van der Waals surface area contributed by atoms with Crippen LogP contribution < -0.4 is 5.73 Å². The largest absolute Gasteiger partial charge is 0.396 e. The van der Waals surface area contributed by atoms with Gasteiger partial charge in [-0.2, -0.15) is 0 Å². The van der Waals surface area contributed by atoms with Crippen LogP contribution in [0.25, 0.3) is 0 Å². The Morgan fingerprint density at radius 3 is 2.62 bits per heavy atom. The summed E-state index contributed by atoms with van der Waals surface area (Å²) < 4.78 is 0. The lowest BCUT2D eigenvalue weighted by atomic mass is 10.1. The summed E-state index contributed by atoms with van der Waals surface area (Å²) in [4.78, 5) is 1.38. The van der Waals surface area contributed by atoms with E-state index in [1.54, 1.807) is 11.3 Å². The summed E-state index contributed by atoms with van der Waals surface area (Å²) >= 11 is 3.66. The number of nitrogens with two attached hydrogens (primary N) is 1. The molecule has 1 aromatic heterocycles. The number of hydrogen-bond acceptors (Lipinski definition) is 4. The van der Waals surface area contributed by atoms with E-state index < -0.39 is 0 Å². The highest BCUT2D eigenvalue weighted by Gasteiger charge is 2.22. The lowest BCUT2D eigenvalue weighted by Gasteiger charge is -2.23. The van der Waals surface area contributed by atoms with E-state index in [2.05, 4.69) is 32.2 Å². The Bertz CT molecular complexity index is 312. The van der Waals surface area contributed by atoms with Gasteiger partial charge < -0.3 is 10.8 Å². The first-order valence-electron chi connectivity index (χ1n) is 5.62. The quantitative estimate of drug-likeness (QED) is 0.825. The molecular weight excluding hydrogens is 238 g/mol. The van der Waals surface area contributed by atoms with Gasteiger partial charge in [-0.1, -0.05) is 6.92 Å². The molecule has 0 aliphatic heterocycles. The minimum absolute atomic E-state index is 0.142. The van der Waals surface area contributed by atoms with Gasteiger partial charge in [0.25, 0.3) is 0 Å². The third kappa shape index (κ3) is 3.77. The van der Waals surface area contributed by atoms with Gasteiger partial charge >= 0.3 is 0 Å². The average Bonchev–Trinajstić information content (AvgIpc) is 2.61. The molecule has 3 unspecified atom stereocenters. The molecule has 0 amide bonds. The number of aryl methyl sites for hydroxylation is 1. The van der Waals surface area contributed by atoms with Crippen molar-refractivity contribution in [2.24, 2.45) is 5.73 Å². The van der Waals surface area contributed by atoms with Crippen molar-refractivity contribution < 1.29 is 5.11 Å². The summed E-state index contributed by atoms with van der Waals surface area (Å²) in [5.74, 6) is 0. The molecular formula is C12H21NOS2. The maximum absolute atomic E-state index is 8.93. The van der Waals surface area contributed by atoms with Crippen molar-refractivity contribution in [3.05, 3.63) is 21.9 Å². The molecule has 0 fully saturated rings. The standard InChI is InChI=1S/C12H21NOS2/c1-8-5-7-15-11(8)12(10(3)13)16-9(2)4-6-14/h5,7,9-10,12,14H,4,6,13H2,1-3H3. The van der Waals surface area contributed by atoms with Gasteiger partial charge in [0.1, 0.15) is 0 Å². The van der Waals surface area contributed by atoms with Gasteiger partial charge in [-0.15, -0.1) is 23.1 Å². The molecule has 1 aromatic rings. The van der Waals surface area contributed by atoms with Crippen LogP contribution in [-0.4, -0.2) is 23.0 Å². The minimum atomic E-state index is 0.142. The van der Waals surface area contributed by atoms with E-state index in [-0.39, 0.29) is 12.6 Å². The Labute approximate surface area is 106 Å². The van der Waals surface area contributed by atoms with Crippen molar-refractivity contribution in [1.82, 2.24) is 0 Å². The molecule has 0 spiro atoms. The number of aliphatic hydroxyl groups excluding tert-OH is 1. The van der Waals surface area contributed by atoms with Crippen molar-refractivity contribution in [1.29, 1.82) is 0 Å². The lowest BCUT2D eigenvalue weighted by molar-refractivity contribution is 0.288. The van der Waals surface area contributed by atoms with E-state index in [1.807, 2.05) is 11.8 Å². The summed E-state index contributed by atoms with van der Waals surface area (Å²) in [6.45, 7) is 6.60. The molecule has 0 aliphatic carbocycles. The fourth-order valence-electron chi connectivity index (χ4n) is 1.60. The van der Waals surface area contributed by atoms with Gasteiger partial charge in [0.15, 0.2) is 0 Å². The second-order valence-corrected chi connectivity index (χ2v) is 6.74. The molecule has 92 valence electrons. The van der Waals surface area contributed by atoms with Crippen LogP contribution in [0.3, 0.4) is 0 Å². The lowest BCUT2D eigenvalue weighted by Crippen LogP contribution is -2.24. The van der Waals surface area contributed by atoms with E-state index in [0.29, 0.717) is 10.5 Å². The number of hydrogen-bond donors (Lipinski definition) is 2. The van der Waals surface area contributed by atoms with Gasteiger partial charge in [0, 0.05) is 22.8 Å². The average molecular weight is 259 g/mol. The van der Waals surface area contributed by atoms with Crippen LogP contribution in [0.1, 0.15) is 36.0 Å². The summed E-state index contributed by atoms with van der Waals surface area (Å²) in [5, 5.41) is 11.8. The smallest absolute Gasteiger partial charge is 0.0544 e. The SMILES string of the molecule is Cc1ccsc1C(SC(C)CCO)C(C)N. The highest BCUT2D eigenvalue weighted by Crippen LogP contribution is 2.39. The maximum atomic E-state index is 8.93. The maximum Gasteiger partial charge on any atom is 0.0544 e. The van der Waals surface area contributed by atoms with Crippen LogP contribution in [0.5, 0.6) is 0 Å². The Balaban J connectivity index is 2.73. The molecule has 3 N–H and O–H groups in total. The Morgan fingerprint density at radius 2 is 2.19 bits per heavy atom. The fourth-order valence-corrected chi connectivity index (χ4v) is 4.25. The molecule has 0 aromatic carbocycles. The Hall–Kier alpha value is -0.0300. The highest BCUT2D eigenvalue weighted by atomic mass is 32.2. The van der Waals surface area contributed by atoms with Crippen LogP contribution >= 0.6 is 23.1 Å². The first kappa shape index (κ1) is 14.0. The van der Waals surface area contributed by atoms with Crippen molar-refractivity contribution in [3.63, 3.8) is 0 Å². The van der Waals surface area contributed by atoms with E-state index in [4.69, 9.17) is 10.8 Å². The van der Waals surface area contributed by atoms with Gasteiger partial charge in [-0.3, -0.25) is 0 Å². The van der Waals surface area contributed by atoms with Gasteiger partial charge in [-0.05, 0) is 37.3 Å². The summed E-state index contributed by atoms with van der Waals surface area (Å²) in [6, 6.07) is 2.29. The third-order valence-corrected chi connectivity index (χ3v) is 5.46. The molecule has 1 rings (SSSR count). The van der Waals surface area contributed by atoms with Crippen LogP contribution in [0, 0.1) is 6.92 Å². The van der Waals surface area contributed by atoms with Gasteiger partial charge in [0.2, 0.25) is 0 Å². The molecule has 0 saturated heterocycles. The third-order valence-electron chi connectivity index (χ3n) is 2.55. The van der Waals surface area contributed by atoms with E-state index in [9.17, 15) is 0 Å². The van der Waals surface area contributed by atoms with Gasteiger partial charge in [-0.25, -0.2) is 0 Å². The van der Waals surface area contributed by atoms with E-state index in [1.165, 1.54) is 10.4 Å². The van der Waals surface area contributed by atoms with Crippen LogP contribution in [0.15, 0.2) is 11.4 Å². The van der Waals surface area contributed by atoms with Crippen LogP contribution in [-0.2, 0) is 0 Å². The molecule has 1 heterocycles. The van der Waals surface area contributed by atoms with Crippen molar-refractivity contribution in [2.75, 3.05) is 6.61 Å². The minimum Gasteiger partial charge on any atom is -0.396 e. The first-order valence-corrected chi connectivity index (χ1v) is 7.44. The Morgan fingerprint density at radius 1 is 1.50 bits per heavy atom. The van der Waals surface area contributed by atoms with E-state index >= 15 is 0 Å². The summed E-state index contributed by atoms with van der Waals surface area (Å²) in [7, 11) is 0. The molecule has 3 atom stereocenters. The highest BCUT2D eigenvalue weighted by molar-refractivity contribution is 8.00. The fraction of sp³-hybridized carbons (Fsp3) is 0.667. The number of thiophene rings is 1. The second kappa shape index (κ2) is 6.64. The number of aliphatic hydroxyl groups is 1. The van der Waals surface area contributed by atoms with Crippen molar-refractivity contribution in [2.45, 2.75) is 43.7 Å². The first-order chi connectivity index (χ1) is 7.56. The predicted molar refractivity (Wildman–Crippen MR) is 74.2 cm³/mol. The predicted octanol–water partition coefficient (Wildman–Crippen LogP) is 2.95. The molecule has 0 saturated carbocycles. The topological polar surface area (TPSA) is 46.2 Å². The molecule has 16 heavy (non-hydrogen) atoms. The zero-order valence-electron chi connectivity index (χ0n) is 10.1. The zero-order chi connectivity index (χ0) is 12.1. The summed E-state index contributed by atoms with van der Waals surface area (Å²) in [5.41, 5.74) is 7.39. The van der Waals surface area contributed by atoms with E-state index in [0.717, 1.165) is 6.42 Å². The normalized spacial score (nSPS) is 17.1. The van der Waals surface area contributed by atoms with Crippen molar-refractivity contribution in [3.8, 4) is 0 Å². The zero-order valence-corrected chi connectivity index (χ0v) is 11.8. The number of rotatable bonds is 6. The second-order valence-electron chi connectivity index (χ2n) is 4.21. The number of thioether (sulfide) groups is 1. The Kier molecular flexibility index (Phi) is 5.83. The van der Waals surface area contributed by atoms with Gasteiger partial charge in [0.05, 0.1) is 5.25 Å². The van der Waals surface area contributed by atoms with Crippen LogP contribution in [0.2, 0.25) is 0 Å². The molecule has 0 aliphatic rings.